The van der Waals surface area contributed by atoms with Crippen LogP contribution in [-0.4, -0.2) is 13.7 Å². The second kappa shape index (κ2) is 5.87. The first-order valence-electron chi connectivity index (χ1n) is 5.71. The van der Waals surface area contributed by atoms with E-state index in [-0.39, 0.29) is 6.04 Å². The van der Waals surface area contributed by atoms with Crippen LogP contribution in [0.15, 0.2) is 12.1 Å². The van der Waals surface area contributed by atoms with Gasteiger partial charge in [-0.1, -0.05) is 6.07 Å². The van der Waals surface area contributed by atoms with E-state index in [1.807, 2.05) is 6.07 Å². The Morgan fingerprint density at radius 2 is 1.94 bits per heavy atom. The van der Waals surface area contributed by atoms with Gasteiger partial charge in [0.05, 0.1) is 7.11 Å². The third kappa shape index (κ3) is 2.74. The van der Waals surface area contributed by atoms with E-state index in [4.69, 9.17) is 16.2 Å². The summed E-state index contributed by atoms with van der Waals surface area (Å²) >= 11 is 0. The molecule has 0 spiro atoms. The van der Waals surface area contributed by atoms with Crippen LogP contribution in [0, 0.1) is 13.8 Å². The molecule has 4 N–H and O–H groups in total. The van der Waals surface area contributed by atoms with Crippen LogP contribution in [0.25, 0.3) is 0 Å². The molecule has 0 amide bonds. The van der Waals surface area contributed by atoms with E-state index < -0.39 is 0 Å². The van der Waals surface area contributed by atoms with Gasteiger partial charge in [-0.2, -0.15) is 0 Å². The molecule has 0 fully saturated rings. The van der Waals surface area contributed by atoms with Crippen LogP contribution in [0.4, 0.5) is 0 Å². The molecule has 1 atom stereocenters. The van der Waals surface area contributed by atoms with Crippen molar-refractivity contribution >= 4 is 0 Å². The van der Waals surface area contributed by atoms with Crippen LogP contribution in [0.1, 0.15) is 35.6 Å². The summed E-state index contributed by atoms with van der Waals surface area (Å²) < 4.78 is 5.28. The molecule has 90 valence electrons. The second-order valence-electron chi connectivity index (χ2n) is 4.14. The van der Waals surface area contributed by atoms with Gasteiger partial charge in [-0.05, 0) is 56.0 Å². The van der Waals surface area contributed by atoms with E-state index in [0.29, 0.717) is 6.54 Å². The van der Waals surface area contributed by atoms with Crippen molar-refractivity contribution in [3.8, 4) is 5.75 Å². The average Bonchev–Trinajstić information content (AvgIpc) is 2.29. The number of hydrogen-bond acceptors (Lipinski definition) is 3. The van der Waals surface area contributed by atoms with Gasteiger partial charge in [-0.25, -0.2) is 0 Å². The molecule has 0 aliphatic carbocycles. The maximum atomic E-state index is 6.15. The van der Waals surface area contributed by atoms with E-state index in [1.54, 1.807) is 7.11 Å². The summed E-state index contributed by atoms with van der Waals surface area (Å²) in [6, 6.07) is 4.12. The van der Waals surface area contributed by atoms with Gasteiger partial charge < -0.3 is 16.2 Å². The monoisotopic (exact) mass is 222 g/mol. The summed E-state index contributed by atoms with van der Waals surface area (Å²) in [5.74, 6) is 0.923. The fourth-order valence-electron chi connectivity index (χ4n) is 1.93. The van der Waals surface area contributed by atoms with E-state index >= 15 is 0 Å². The SMILES string of the molecule is COc1ccc(C(N)CCCN)c(C)c1C. The molecule has 1 aromatic rings. The number of methoxy groups -OCH3 is 1. The Balaban J connectivity index is 2.93. The Hall–Kier alpha value is -1.06. The fraction of sp³-hybridized carbons (Fsp3) is 0.538. The lowest BCUT2D eigenvalue weighted by Gasteiger charge is -2.17. The van der Waals surface area contributed by atoms with Gasteiger partial charge >= 0.3 is 0 Å². The highest BCUT2D eigenvalue weighted by Gasteiger charge is 2.12. The highest BCUT2D eigenvalue weighted by Crippen LogP contribution is 2.28. The van der Waals surface area contributed by atoms with Crippen molar-refractivity contribution in [2.75, 3.05) is 13.7 Å². The lowest BCUT2D eigenvalue weighted by atomic mass is 9.94. The molecule has 16 heavy (non-hydrogen) atoms. The predicted molar refractivity (Wildman–Crippen MR) is 67.7 cm³/mol. The van der Waals surface area contributed by atoms with Crippen molar-refractivity contribution < 1.29 is 4.74 Å². The van der Waals surface area contributed by atoms with Crippen LogP contribution in [0.2, 0.25) is 0 Å². The summed E-state index contributed by atoms with van der Waals surface area (Å²) in [7, 11) is 1.69. The Bertz CT molecular complexity index is 350. The van der Waals surface area contributed by atoms with E-state index in [0.717, 1.165) is 18.6 Å². The quantitative estimate of drug-likeness (QED) is 0.801. The molecule has 1 unspecified atom stereocenters. The van der Waals surface area contributed by atoms with Crippen molar-refractivity contribution in [3.63, 3.8) is 0 Å². The number of hydrogen-bond donors (Lipinski definition) is 2. The van der Waals surface area contributed by atoms with Gasteiger partial charge in [0.25, 0.3) is 0 Å². The molecule has 0 aromatic heterocycles. The molecule has 3 heteroatoms. The Labute approximate surface area is 97.8 Å². The average molecular weight is 222 g/mol. The molecule has 0 aliphatic rings. The van der Waals surface area contributed by atoms with Crippen LogP contribution in [0.5, 0.6) is 5.75 Å². The van der Waals surface area contributed by atoms with Crippen LogP contribution in [0.3, 0.4) is 0 Å². The highest BCUT2D eigenvalue weighted by atomic mass is 16.5. The Morgan fingerprint density at radius 3 is 2.50 bits per heavy atom. The first-order chi connectivity index (χ1) is 7.61. The first kappa shape index (κ1) is 13.0. The van der Waals surface area contributed by atoms with Crippen molar-refractivity contribution in [3.05, 3.63) is 28.8 Å². The number of nitrogens with two attached hydrogens (primary N) is 2. The third-order valence-electron chi connectivity index (χ3n) is 3.12. The number of ether oxygens (including phenoxy) is 1. The van der Waals surface area contributed by atoms with E-state index in [1.165, 1.54) is 16.7 Å². The highest BCUT2D eigenvalue weighted by molar-refractivity contribution is 5.44. The number of rotatable bonds is 5. The smallest absolute Gasteiger partial charge is 0.122 e. The lowest BCUT2D eigenvalue weighted by molar-refractivity contribution is 0.411. The predicted octanol–water partition coefficient (Wildman–Crippen LogP) is 2.05. The zero-order valence-corrected chi connectivity index (χ0v) is 10.4. The second-order valence-corrected chi connectivity index (χ2v) is 4.14. The van der Waals surface area contributed by atoms with E-state index in [9.17, 15) is 0 Å². The fourth-order valence-corrected chi connectivity index (χ4v) is 1.93. The zero-order valence-electron chi connectivity index (χ0n) is 10.4. The van der Waals surface area contributed by atoms with E-state index in [2.05, 4.69) is 19.9 Å². The summed E-state index contributed by atoms with van der Waals surface area (Å²) in [5.41, 5.74) is 15.2. The van der Waals surface area contributed by atoms with Gasteiger partial charge in [0.15, 0.2) is 0 Å². The largest absolute Gasteiger partial charge is 0.496 e. The summed E-state index contributed by atoms with van der Waals surface area (Å²) in [5, 5.41) is 0. The van der Waals surface area contributed by atoms with Crippen LogP contribution >= 0.6 is 0 Å². The third-order valence-corrected chi connectivity index (χ3v) is 3.12. The topological polar surface area (TPSA) is 61.3 Å². The normalized spacial score (nSPS) is 12.6. The first-order valence-corrected chi connectivity index (χ1v) is 5.71. The molecular weight excluding hydrogens is 200 g/mol. The minimum atomic E-state index is 0.0770. The van der Waals surface area contributed by atoms with Crippen molar-refractivity contribution in [2.24, 2.45) is 11.5 Å². The molecule has 0 radical (unpaired) electrons. The van der Waals surface area contributed by atoms with Gasteiger partial charge in [-0.15, -0.1) is 0 Å². The van der Waals surface area contributed by atoms with Crippen molar-refractivity contribution in [1.82, 2.24) is 0 Å². The molecule has 0 bridgehead atoms. The minimum Gasteiger partial charge on any atom is -0.496 e. The summed E-state index contributed by atoms with van der Waals surface area (Å²) in [6.07, 6.45) is 1.90. The molecular formula is C13H22N2O. The molecule has 0 saturated carbocycles. The zero-order chi connectivity index (χ0) is 12.1. The molecule has 0 saturated heterocycles. The molecule has 1 rings (SSSR count). The molecule has 0 aliphatic heterocycles. The van der Waals surface area contributed by atoms with Crippen LogP contribution in [-0.2, 0) is 0 Å². The summed E-state index contributed by atoms with van der Waals surface area (Å²) in [6.45, 7) is 4.85. The van der Waals surface area contributed by atoms with Gasteiger partial charge in [0.1, 0.15) is 5.75 Å². The number of benzene rings is 1. The van der Waals surface area contributed by atoms with Gasteiger partial charge in [0, 0.05) is 6.04 Å². The minimum absolute atomic E-state index is 0.0770. The lowest BCUT2D eigenvalue weighted by Crippen LogP contribution is -2.14. The van der Waals surface area contributed by atoms with Gasteiger partial charge in [0.2, 0.25) is 0 Å². The van der Waals surface area contributed by atoms with Crippen molar-refractivity contribution in [1.29, 1.82) is 0 Å². The van der Waals surface area contributed by atoms with Gasteiger partial charge in [-0.3, -0.25) is 0 Å². The maximum absolute atomic E-state index is 6.15. The molecule has 1 aromatic carbocycles. The maximum Gasteiger partial charge on any atom is 0.122 e. The standard InChI is InChI=1S/C13H22N2O/c1-9-10(2)13(16-3)7-6-11(9)12(15)5-4-8-14/h6-7,12H,4-5,8,14-15H2,1-3H3. The van der Waals surface area contributed by atoms with Crippen molar-refractivity contribution in [2.45, 2.75) is 32.7 Å². The summed E-state index contributed by atoms with van der Waals surface area (Å²) in [4.78, 5) is 0. The van der Waals surface area contributed by atoms with Crippen LogP contribution < -0.4 is 16.2 Å². The Morgan fingerprint density at radius 1 is 1.25 bits per heavy atom. The Kier molecular flexibility index (Phi) is 4.77. The molecule has 3 nitrogen and oxygen atoms in total. The molecule has 0 heterocycles.